The molecule has 0 radical (unpaired) electrons. The number of hydrogen-bond donors (Lipinski definition) is 0. The lowest BCUT2D eigenvalue weighted by Gasteiger charge is -2.07. The quantitative estimate of drug-likeness (QED) is 0.716. The van der Waals surface area contributed by atoms with Crippen LogP contribution in [0.4, 0.5) is 0 Å². The highest BCUT2D eigenvalue weighted by Gasteiger charge is 2.18. The first-order chi connectivity index (χ1) is 12.2. The van der Waals surface area contributed by atoms with Crippen LogP contribution in [-0.4, -0.2) is 26.5 Å². The van der Waals surface area contributed by atoms with Crippen LogP contribution in [0.15, 0.2) is 42.7 Å². The molecule has 1 aliphatic heterocycles. The molecular weight excluding hydrogens is 316 g/mol. The minimum Gasteiger partial charge on any atom is -0.454 e. The Hall–Kier alpha value is -2.89. The zero-order valence-corrected chi connectivity index (χ0v) is 14.3. The standard InChI is InChI=1S/C19H20N4O2/c1-13(2)9-18-21-19(10-14-5-7-20-8-6-14)23(22-18)15-3-4-16-17(11-15)25-12-24-16/h3-8,11,13H,9-10,12H2,1-2H3. The molecule has 0 aliphatic carbocycles. The molecule has 0 saturated heterocycles. The summed E-state index contributed by atoms with van der Waals surface area (Å²) in [6.07, 6.45) is 5.14. The largest absolute Gasteiger partial charge is 0.454 e. The van der Waals surface area contributed by atoms with Gasteiger partial charge in [0.25, 0.3) is 0 Å². The maximum Gasteiger partial charge on any atom is 0.231 e. The smallest absolute Gasteiger partial charge is 0.231 e. The Balaban J connectivity index is 1.73. The first kappa shape index (κ1) is 15.6. The third kappa shape index (κ3) is 3.33. The summed E-state index contributed by atoms with van der Waals surface area (Å²) >= 11 is 0. The SMILES string of the molecule is CC(C)Cc1nc(Cc2ccncc2)n(-c2ccc3c(c2)OCO3)n1. The van der Waals surface area contributed by atoms with E-state index in [2.05, 4.69) is 18.8 Å². The van der Waals surface area contributed by atoms with Gasteiger partial charge >= 0.3 is 0 Å². The summed E-state index contributed by atoms with van der Waals surface area (Å²) in [5.74, 6) is 3.77. The highest BCUT2D eigenvalue weighted by molar-refractivity contribution is 5.50. The van der Waals surface area contributed by atoms with Crippen LogP contribution in [-0.2, 0) is 12.8 Å². The van der Waals surface area contributed by atoms with Gasteiger partial charge in [-0.3, -0.25) is 4.98 Å². The second-order valence-electron chi connectivity index (χ2n) is 6.52. The summed E-state index contributed by atoms with van der Waals surface area (Å²) < 4.78 is 12.8. The number of fused-ring (bicyclic) bond motifs is 1. The van der Waals surface area contributed by atoms with E-state index in [1.54, 1.807) is 12.4 Å². The lowest BCUT2D eigenvalue weighted by atomic mass is 10.1. The van der Waals surface area contributed by atoms with Crippen molar-refractivity contribution in [3.63, 3.8) is 0 Å². The molecule has 1 aromatic carbocycles. The molecule has 0 fully saturated rings. The number of benzene rings is 1. The molecule has 0 bridgehead atoms. The molecule has 0 unspecified atom stereocenters. The molecule has 128 valence electrons. The van der Waals surface area contributed by atoms with Crippen molar-refractivity contribution in [1.29, 1.82) is 0 Å². The molecule has 4 rings (SSSR count). The third-order valence-corrected chi connectivity index (χ3v) is 4.02. The second kappa shape index (κ2) is 6.55. The highest BCUT2D eigenvalue weighted by atomic mass is 16.7. The van der Waals surface area contributed by atoms with Crippen LogP contribution in [0.5, 0.6) is 11.5 Å². The number of rotatable bonds is 5. The number of ether oxygens (including phenoxy) is 2. The molecule has 0 amide bonds. The Bertz CT molecular complexity index is 874. The Kier molecular flexibility index (Phi) is 4.09. The summed E-state index contributed by atoms with van der Waals surface area (Å²) in [7, 11) is 0. The fourth-order valence-electron chi connectivity index (χ4n) is 2.86. The molecule has 1 aliphatic rings. The van der Waals surface area contributed by atoms with Crippen LogP contribution in [0.25, 0.3) is 5.69 Å². The topological polar surface area (TPSA) is 62.1 Å². The molecule has 0 atom stereocenters. The van der Waals surface area contributed by atoms with Crippen LogP contribution in [0.1, 0.15) is 31.1 Å². The van der Waals surface area contributed by atoms with E-state index in [1.807, 2.05) is 35.0 Å². The molecule has 6 heteroatoms. The number of pyridine rings is 1. The fourth-order valence-corrected chi connectivity index (χ4v) is 2.86. The molecule has 3 aromatic rings. The van der Waals surface area contributed by atoms with E-state index >= 15 is 0 Å². The van der Waals surface area contributed by atoms with E-state index in [1.165, 1.54) is 0 Å². The third-order valence-electron chi connectivity index (χ3n) is 4.02. The van der Waals surface area contributed by atoms with E-state index in [-0.39, 0.29) is 6.79 Å². The van der Waals surface area contributed by atoms with Crippen molar-refractivity contribution in [2.24, 2.45) is 5.92 Å². The van der Waals surface area contributed by atoms with Gasteiger partial charge in [-0.25, -0.2) is 9.67 Å². The first-order valence-corrected chi connectivity index (χ1v) is 8.43. The van der Waals surface area contributed by atoms with Crippen molar-refractivity contribution in [1.82, 2.24) is 19.7 Å². The van der Waals surface area contributed by atoms with Gasteiger partial charge in [0, 0.05) is 31.3 Å². The summed E-state index contributed by atoms with van der Waals surface area (Å²) in [4.78, 5) is 8.85. The molecule has 0 saturated carbocycles. The zero-order valence-electron chi connectivity index (χ0n) is 14.3. The van der Waals surface area contributed by atoms with Gasteiger partial charge in [0.15, 0.2) is 17.3 Å². The summed E-state index contributed by atoms with van der Waals surface area (Å²) in [5.41, 5.74) is 2.08. The number of hydrogen-bond acceptors (Lipinski definition) is 5. The summed E-state index contributed by atoms with van der Waals surface area (Å²) in [5, 5.41) is 4.74. The van der Waals surface area contributed by atoms with E-state index in [9.17, 15) is 0 Å². The second-order valence-corrected chi connectivity index (χ2v) is 6.52. The molecule has 0 N–H and O–H groups in total. The van der Waals surface area contributed by atoms with Gasteiger partial charge in [0.05, 0.1) is 5.69 Å². The fraction of sp³-hybridized carbons (Fsp3) is 0.316. The minimum absolute atomic E-state index is 0.263. The van der Waals surface area contributed by atoms with Crippen molar-refractivity contribution in [2.75, 3.05) is 6.79 Å². The molecule has 3 heterocycles. The first-order valence-electron chi connectivity index (χ1n) is 8.43. The molecule has 2 aromatic heterocycles. The van der Waals surface area contributed by atoms with Crippen LogP contribution < -0.4 is 9.47 Å². The number of nitrogens with zero attached hydrogens (tertiary/aromatic N) is 4. The maximum atomic E-state index is 5.50. The predicted octanol–water partition coefficient (Wildman–Crippen LogP) is 3.18. The highest BCUT2D eigenvalue weighted by Crippen LogP contribution is 2.33. The lowest BCUT2D eigenvalue weighted by Crippen LogP contribution is -2.04. The summed E-state index contributed by atoms with van der Waals surface area (Å²) in [6.45, 7) is 4.60. The van der Waals surface area contributed by atoms with Crippen molar-refractivity contribution < 1.29 is 9.47 Å². The van der Waals surface area contributed by atoms with Crippen LogP contribution >= 0.6 is 0 Å². The van der Waals surface area contributed by atoms with Gasteiger partial charge in [0.2, 0.25) is 6.79 Å². The van der Waals surface area contributed by atoms with Crippen LogP contribution in [0.3, 0.4) is 0 Å². The zero-order chi connectivity index (χ0) is 17.2. The summed E-state index contributed by atoms with van der Waals surface area (Å²) in [6, 6.07) is 9.85. The molecular formula is C19H20N4O2. The Labute approximate surface area is 146 Å². The monoisotopic (exact) mass is 336 g/mol. The van der Waals surface area contributed by atoms with Gasteiger partial charge in [-0.1, -0.05) is 13.8 Å². The molecule has 6 nitrogen and oxygen atoms in total. The van der Waals surface area contributed by atoms with Gasteiger partial charge in [0.1, 0.15) is 5.82 Å². The van der Waals surface area contributed by atoms with E-state index in [0.29, 0.717) is 12.3 Å². The Morgan fingerprint density at radius 2 is 1.88 bits per heavy atom. The minimum atomic E-state index is 0.263. The van der Waals surface area contributed by atoms with Gasteiger partial charge in [-0.15, -0.1) is 0 Å². The van der Waals surface area contributed by atoms with Gasteiger partial charge < -0.3 is 9.47 Å². The Morgan fingerprint density at radius 1 is 1.08 bits per heavy atom. The average Bonchev–Trinajstić information content (AvgIpc) is 3.21. The average molecular weight is 336 g/mol. The van der Waals surface area contributed by atoms with Crippen molar-refractivity contribution in [3.05, 3.63) is 59.9 Å². The van der Waals surface area contributed by atoms with Gasteiger partial charge in [-0.2, -0.15) is 5.10 Å². The van der Waals surface area contributed by atoms with Crippen molar-refractivity contribution >= 4 is 0 Å². The van der Waals surface area contributed by atoms with E-state index in [0.717, 1.165) is 40.8 Å². The normalized spacial score (nSPS) is 12.8. The lowest BCUT2D eigenvalue weighted by molar-refractivity contribution is 0.174. The number of aromatic nitrogens is 4. The molecule has 0 spiro atoms. The van der Waals surface area contributed by atoms with Crippen LogP contribution in [0.2, 0.25) is 0 Å². The predicted molar refractivity (Wildman–Crippen MR) is 93.1 cm³/mol. The maximum absolute atomic E-state index is 5.50. The van der Waals surface area contributed by atoms with Crippen LogP contribution in [0, 0.1) is 5.92 Å². The van der Waals surface area contributed by atoms with E-state index in [4.69, 9.17) is 19.6 Å². The van der Waals surface area contributed by atoms with Crippen molar-refractivity contribution in [3.8, 4) is 17.2 Å². The van der Waals surface area contributed by atoms with Gasteiger partial charge in [-0.05, 0) is 35.7 Å². The van der Waals surface area contributed by atoms with Crippen molar-refractivity contribution in [2.45, 2.75) is 26.7 Å². The Morgan fingerprint density at radius 3 is 2.68 bits per heavy atom. The molecule has 25 heavy (non-hydrogen) atoms. The van der Waals surface area contributed by atoms with E-state index < -0.39 is 0 Å².